The van der Waals surface area contributed by atoms with Gasteiger partial charge in [0.05, 0.1) is 12.6 Å². The van der Waals surface area contributed by atoms with Gasteiger partial charge in [-0.3, -0.25) is 9.69 Å². The Balaban J connectivity index is 1.62. The van der Waals surface area contributed by atoms with Crippen molar-refractivity contribution in [3.63, 3.8) is 0 Å². The number of carbonyl (C=O) groups is 1. The molecule has 0 saturated carbocycles. The van der Waals surface area contributed by atoms with Crippen molar-refractivity contribution in [1.82, 2.24) is 20.2 Å². The zero-order valence-corrected chi connectivity index (χ0v) is 12.7. The summed E-state index contributed by atoms with van der Waals surface area (Å²) in [5, 5.41) is 10.5. The Morgan fingerprint density at radius 2 is 2.32 bits per heavy atom. The van der Waals surface area contributed by atoms with Gasteiger partial charge in [-0.25, -0.2) is 0 Å². The van der Waals surface area contributed by atoms with Crippen molar-refractivity contribution in [2.75, 3.05) is 18.4 Å². The van der Waals surface area contributed by atoms with E-state index in [-0.39, 0.29) is 18.5 Å². The Labute approximate surface area is 127 Å². The third-order valence-electron chi connectivity index (χ3n) is 3.69. The molecule has 2 aromatic heterocycles. The van der Waals surface area contributed by atoms with Gasteiger partial charge in [0.25, 0.3) is 0 Å². The van der Waals surface area contributed by atoms with E-state index in [4.69, 9.17) is 9.05 Å². The molecule has 0 aliphatic carbocycles. The van der Waals surface area contributed by atoms with Crippen LogP contribution in [0, 0.1) is 6.92 Å². The van der Waals surface area contributed by atoms with E-state index in [0.29, 0.717) is 29.7 Å². The van der Waals surface area contributed by atoms with Crippen molar-refractivity contribution >= 4 is 11.7 Å². The molecule has 0 aromatic carbocycles. The SMILES string of the molecule is CCc1nc([C@@H]2CCCN2CC(=O)Nc2cc(C)on2)no1. The summed E-state index contributed by atoms with van der Waals surface area (Å²) in [7, 11) is 0. The van der Waals surface area contributed by atoms with Crippen molar-refractivity contribution in [3.05, 3.63) is 23.5 Å². The van der Waals surface area contributed by atoms with Crippen molar-refractivity contribution in [2.24, 2.45) is 0 Å². The molecule has 118 valence electrons. The third-order valence-corrected chi connectivity index (χ3v) is 3.69. The number of aromatic nitrogens is 3. The molecular formula is C14H19N5O3. The van der Waals surface area contributed by atoms with E-state index in [1.807, 2.05) is 6.92 Å². The van der Waals surface area contributed by atoms with E-state index in [1.54, 1.807) is 13.0 Å². The van der Waals surface area contributed by atoms with Gasteiger partial charge in [-0.15, -0.1) is 0 Å². The van der Waals surface area contributed by atoms with Gasteiger partial charge in [-0.2, -0.15) is 4.98 Å². The maximum atomic E-state index is 12.1. The largest absolute Gasteiger partial charge is 0.360 e. The van der Waals surface area contributed by atoms with Crippen LogP contribution < -0.4 is 5.32 Å². The Morgan fingerprint density at radius 1 is 1.45 bits per heavy atom. The van der Waals surface area contributed by atoms with E-state index in [0.717, 1.165) is 19.4 Å². The fourth-order valence-electron chi connectivity index (χ4n) is 2.65. The fraction of sp³-hybridized carbons (Fsp3) is 0.571. The van der Waals surface area contributed by atoms with Crippen LogP contribution >= 0.6 is 0 Å². The van der Waals surface area contributed by atoms with Crippen molar-refractivity contribution in [3.8, 4) is 0 Å². The summed E-state index contributed by atoms with van der Waals surface area (Å²) >= 11 is 0. The lowest BCUT2D eigenvalue weighted by atomic mass is 10.2. The van der Waals surface area contributed by atoms with E-state index >= 15 is 0 Å². The average molecular weight is 305 g/mol. The van der Waals surface area contributed by atoms with Crippen molar-refractivity contribution < 1.29 is 13.8 Å². The number of nitrogens with zero attached hydrogens (tertiary/aromatic N) is 4. The number of aryl methyl sites for hydroxylation is 2. The molecule has 0 unspecified atom stereocenters. The first-order valence-electron chi connectivity index (χ1n) is 7.45. The smallest absolute Gasteiger partial charge is 0.239 e. The van der Waals surface area contributed by atoms with Gasteiger partial charge in [0.2, 0.25) is 11.8 Å². The summed E-state index contributed by atoms with van der Waals surface area (Å²) in [6.07, 6.45) is 2.65. The van der Waals surface area contributed by atoms with Crippen LogP contribution in [-0.4, -0.2) is 39.2 Å². The third kappa shape index (κ3) is 3.16. The first kappa shape index (κ1) is 14.7. The van der Waals surface area contributed by atoms with Gasteiger partial charge in [0.15, 0.2) is 11.6 Å². The summed E-state index contributed by atoms with van der Waals surface area (Å²) in [5.41, 5.74) is 0. The minimum Gasteiger partial charge on any atom is -0.360 e. The van der Waals surface area contributed by atoms with Gasteiger partial charge in [-0.1, -0.05) is 17.2 Å². The van der Waals surface area contributed by atoms with E-state index < -0.39 is 0 Å². The highest BCUT2D eigenvalue weighted by Crippen LogP contribution is 2.29. The first-order chi connectivity index (χ1) is 10.7. The molecule has 1 saturated heterocycles. The second-order valence-corrected chi connectivity index (χ2v) is 5.40. The summed E-state index contributed by atoms with van der Waals surface area (Å²) < 4.78 is 10.1. The standard InChI is InChI=1S/C14H19N5O3/c1-3-13-16-14(18-22-13)10-5-4-6-19(10)8-12(20)15-11-7-9(2)21-17-11/h7,10H,3-6,8H2,1-2H3,(H,15,17,20)/t10-/m0/s1. The number of anilines is 1. The molecule has 2 aromatic rings. The predicted molar refractivity (Wildman–Crippen MR) is 77.1 cm³/mol. The molecule has 0 bridgehead atoms. The van der Waals surface area contributed by atoms with Crippen LogP contribution in [0.25, 0.3) is 0 Å². The van der Waals surface area contributed by atoms with Crippen LogP contribution in [0.3, 0.4) is 0 Å². The minimum atomic E-state index is -0.126. The topological polar surface area (TPSA) is 97.3 Å². The van der Waals surface area contributed by atoms with Crippen LogP contribution in [-0.2, 0) is 11.2 Å². The molecule has 3 heterocycles. The van der Waals surface area contributed by atoms with E-state index in [1.165, 1.54) is 0 Å². The molecule has 8 nitrogen and oxygen atoms in total. The lowest BCUT2D eigenvalue weighted by Gasteiger charge is -2.20. The molecule has 8 heteroatoms. The highest BCUT2D eigenvalue weighted by molar-refractivity contribution is 5.91. The van der Waals surface area contributed by atoms with Crippen LogP contribution in [0.1, 0.15) is 43.3 Å². The van der Waals surface area contributed by atoms with Gasteiger partial charge < -0.3 is 14.4 Å². The van der Waals surface area contributed by atoms with Gasteiger partial charge in [-0.05, 0) is 26.3 Å². The maximum Gasteiger partial charge on any atom is 0.239 e. The molecule has 3 rings (SSSR count). The molecule has 1 amide bonds. The minimum absolute atomic E-state index is 0.0360. The molecule has 1 aliphatic heterocycles. The Bertz CT molecular complexity index is 650. The van der Waals surface area contributed by atoms with Gasteiger partial charge in [0, 0.05) is 12.5 Å². The lowest BCUT2D eigenvalue weighted by molar-refractivity contribution is -0.117. The zero-order chi connectivity index (χ0) is 15.5. The number of hydrogen-bond donors (Lipinski definition) is 1. The Hall–Kier alpha value is -2.22. The maximum absolute atomic E-state index is 12.1. The second kappa shape index (κ2) is 6.27. The monoisotopic (exact) mass is 305 g/mol. The number of hydrogen-bond acceptors (Lipinski definition) is 7. The molecule has 22 heavy (non-hydrogen) atoms. The van der Waals surface area contributed by atoms with Crippen LogP contribution in [0.2, 0.25) is 0 Å². The number of amides is 1. The predicted octanol–water partition coefficient (Wildman–Crippen LogP) is 1.70. The average Bonchev–Trinajstić information content (AvgIpc) is 3.19. The molecule has 1 fully saturated rings. The zero-order valence-electron chi connectivity index (χ0n) is 12.7. The van der Waals surface area contributed by atoms with Crippen molar-refractivity contribution in [2.45, 2.75) is 39.2 Å². The summed E-state index contributed by atoms with van der Waals surface area (Å²) in [6, 6.07) is 1.72. The molecule has 1 atom stereocenters. The molecular weight excluding hydrogens is 286 g/mol. The van der Waals surface area contributed by atoms with Crippen LogP contribution in [0.5, 0.6) is 0 Å². The molecule has 0 spiro atoms. The van der Waals surface area contributed by atoms with Crippen molar-refractivity contribution in [1.29, 1.82) is 0 Å². The van der Waals surface area contributed by atoms with Gasteiger partial charge in [0.1, 0.15) is 5.76 Å². The van der Waals surface area contributed by atoms with Crippen LogP contribution in [0.15, 0.2) is 15.1 Å². The lowest BCUT2D eigenvalue weighted by Crippen LogP contribution is -2.33. The number of carbonyl (C=O) groups excluding carboxylic acids is 1. The summed E-state index contributed by atoms with van der Waals surface area (Å²) in [4.78, 5) is 18.6. The molecule has 1 N–H and O–H groups in total. The Kier molecular flexibility index (Phi) is 4.19. The number of likely N-dealkylation sites (tertiary alicyclic amines) is 1. The van der Waals surface area contributed by atoms with E-state index in [2.05, 4.69) is 25.5 Å². The quantitative estimate of drug-likeness (QED) is 0.897. The van der Waals surface area contributed by atoms with Crippen LogP contribution in [0.4, 0.5) is 5.82 Å². The van der Waals surface area contributed by atoms with Gasteiger partial charge >= 0.3 is 0 Å². The first-order valence-corrected chi connectivity index (χ1v) is 7.45. The number of rotatable bonds is 5. The summed E-state index contributed by atoms with van der Waals surface area (Å²) in [5.74, 6) is 2.27. The van der Waals surface area contributed by atoms with E-state index in [9.17, 15) is 4.79 Å². The number of nitrogens with one attached hydrogen (secondary N) is 1. The Morgan fingerprint density at radius 3 is 3.00 bits per heavy atom. The molecule has 1 aliphatic rings. The molecule has 0 radical (unpaired) electrons. The fourth-order valence-corrected chi connectivity index (χ4v) is 2.65. The highest BCUT2D eigenvalue weighted by Gasteiger charge is 2.31. The normalized spacial score (nSPS) is 18.7. The summed E-state index contributed by atoms with van der Waals surface area (Å²) in [6.45, 7) is 4.86. The second-order valence-electron chi connectivity index (χ2n) is 5.40. The highest BCUT2D eigenvalue weighted by atomic mass is 16.5.